The number of likely N-dealkylation sites (tertiary alicyclic amines) is 1. The van der Waals surface area contributed by atoms with Crippen molar-refractivity contribution in [3.05, 3.63) is 0 Å². The molecule has 1 nitrogen and oxygen atoms in total. The first-order valence-corrected chi connectivity index (χ1v) is 4.07. The lowest BCUT2D eigenvalue weighted by molar-refractivity contribution is 0.313. The molecule has 1 fully saturated rings. The van der Waals surface area contributed by atoms with Crippen LogP contribution in [0.15, 0.2) is 0 Å². The average Bonchev–Trinajstić information content (AvgIpc) is 2.14. The summed E-state index contributed by atoms with van der Waals surface area (Å²) in [7, 11) is 2.11. The van der Waals surface area contributed by atoms with Gasteiger partial charge in [-0.05, 0) is 45.3 Å². The SMILES string of the molecule is CN1CCCC(CF)CC1. The van der Waals surface area contributed by atoms with Gasteiger partial charge in [-0.15, -0.1) is 0 Å². The maximum atomic E-state index is 12.2. The molecule has 0 spiro atoms. The Balaban J connectivity index is 2.26. The molecule has 0 radical (unpaired) electrons. The standard InChI is InChI=1S/C8H16FN/c1-10-5-2-3-8(7-9)4-6-10/h8H,2-7H2,1H3. The van der Waals surface area contributed by atoms with Gasteiger partial charge in [-0.1, -0.05) is 0 Å². The molecule has 2 heteroatoms. The maximum absolute atomic E-state index is 12.2. The molecular formula is C8H16FN. The summed E-state index contributed by atoms with van der Waals surface area (Å²) in [4.78, 5) is 2.29. The summed E-state index contributed by atoms with van der Waals surface area (Å²) < 4.78 is 12.2. The fourth-order valence-electron chi connectivity index (χ4n) is 1.46. The van der Waals surface area contributed by atoms with Gasteiger partial charge in [0.1, 0.15) is 0 Å². The Kier molecular flexibility index (Phi) is 3.13. The van der Waals surface area contributed by atoms with Crippen LogP contribution in [-0.4, -0.2) is 31.7 Å². The average molecular weight is 145 g/mol. The van der Waals surface area contributed by atoms with Crippen molar-refractivity contribution in [1.82, 2.24) is 4.90 Å². The third kappa shape index (κ3) is 2.25. The summed E-state index contributed by atoms with van der Waals surface area (Å²) in [6.45, 7) is 2.11. The van der Waals surface area contributed by atoms with Crippen LogP contribution in [0.4, 0.5) is 4.39 Å². The third-order valence-electron chi connectivity index (χ3n) is 2.29. The molecule has 1 aliphatic rings. The molecule has 60 valence electrons. The van der Waals surface area contributed by atoms with Crippen LogP contribution in [0.1, 0.15) is 19.3 Å². The van der Waals surface area contributed by atoms with E-state index in [9.17, 15) is 4.39 Å². The molecule has 1 aliphatic heterocycles. The van der Waals surface area contributed by atoms with Crippen molar-refractivity contribution in [2.75, 3.05) is 26.8 Å². The zero-order valence-electron chi connectivity index (χ0n) is 6.65. The molecule has 1 unspecified atom stereocenters. The molecule has 1 rings (SSSR count). The molecule has 0 aromatic heterocycles. The fourth-order valence-corrected chi connectivity index (χ4v) is 1.46. The van der Waals surface area contributed by atoms with Gasteiger partial charge in [0.2, 0.25) is 0 Å². The quantitative estimate of drug-likeness (QED) is 0.542. The highest BCUT2D eigenvalue weighted by atomic mass is 19.1. The van der Waals surface area contributed by atoms with E-state index in [0.29, 0.717) is 5.92 Å². The highest BCUT2D eigenvalue weighted by Crippen LogP contribution is 2.16. The minimum absolute atomic E-state index is 0.117. The summed E-state index contributed by atoms with van der Waals surface area (Å²) in [6.07, 6.45) is 3.30. The number of hydrogen-bond acceptors (Lipinski definition) is 1. The first kappa shape index (κ1) is 7.99. The molecule has 1 atom stereocenters. The zero-order valence-corrected chi connectivity index (χ0v) is 6.65. The minimum atomic E-state index is -0.117. The highest BCUT2D eigenvalue weighted by molar-refractivity contribution is 4.66. The molecule has 1 saturated heterocycles. The number of rotatable bonds is 1. The van der Waals surface area contributed by atoms with Crippen molar-refractivity contribution in [1.29, 1.82) is 0 Å². The van der Waals surface area contributed by atoms with Crippen LogP contribution in [0, 0.1) is 5.92 Å². The first-order valence-electron chi connectivity index (χ1n) is 4.07. The lowest BCUT2D eigenvalue weighted by atomic mass is 10.0. The molecule has 0 amide bonds. The van der Waals surface area contributed by atoms with E-state index in [2.05, 4.69) is 11.9 Å². The molecule has 0 bridgehead atoms. The second-order valence-corrected chi connectivity index (χ2v) is 3.25. The van der Waals surface area contributed by atoms with Crippen LogP contribution >= 0.6 is 0 Å². The van der Waals surface area contributed by atoms with Crippen LogP contribution in [0.2, 0.25) is 0 Å². The Morgan fingerprint density at radius 2 is 2.20 bits per heavy atom. The van der Waals surface area contributed by atoms with Gasteiger partial charge >= 0.3 is 0 Å². The smallest absolute Gasteiger partial charge is 0.0923 e. The van der Waals surface area contributed by atoms with E-state index in [1.54, 1.807) is 0 Å². The molecule has 0 saturated carbocycles. The molecule has 0 aromatic carbocycles. The molecule has 0 N–H and O–H groups in total. The summed E-state index contributed by atoms with van der Waals surface area (Å²) in [5, 5.41) is 0. The Bertz CT molecular complexity index is 95.3. The number of hydrogen-bond donors (Lipinski definition) is 0. The molecular weight excluding hydrogens is 129 g/mol. The maximum Gasteiger partial charge on any atom is 0.0923 e. The lowest BCUT2D eigenvalue weighted by Gasteiger charge is -2.11. The Hall–Kier alpha value is -0.110. The molecule has 10 heavy (non-hydrogen) atoms. The van der Waals surface area contributed by atoms with E-state index in [1.807, 2.05) is 0 Å². The van der Waals surface area contributed by atoms with Crippen LogP contribution in [0.3, 0.4) is 0 Å². The van der Waals surface area contributed by atoms with Crippen LogP contribution in [0.25, 0.3) is 0 Å². The van der Waals surface area contributed by atoms with E-state index in [-0.39, 0.29) is 6.67 Å². The van der Waals surface area contributed by atoms with Gasteiger partial charge in [0.25, 0.3) is 0 Å². The predicted octanol–water partition coefficient (Wildman–Crippen LogP) is 1.69. The van der Waals surface area contributed by atoms with Crippen molar-refractivity contribution in [3.63, 3.8) is 0 Å². The highest BCUT2D eigenvalue weighted by Gasteiger charge is 2.13. The summed E-state index contributed by atoms with van der Waals surface area (Å²) >= 11 is 0. The second kappa shape index (κ2) is 3.91. The Morgan fingerprint density at radius 3 is 2.90 bits per heavy atom. The van der Waals surface area contributed by atoms with Crippen molar-refractivity contribution < 1.29 is 4.39 Å². The van der Waals surface area contributed by atoms with Gasteiger partial charge in [-0.3, -0.25) is 4.39 Å². The summed E-state index contributed by atoms with van der Waals surface area (Å²) in [5.41, 5.74) is 0. The molecule has 0 aliphatic carbocycles. The van der Waals surface area contributed by atoms with E-state index in [4.69, 9.17) is 0 Å². The summed E-state index contributed by atoms with van der Waals surface area (Å²) in [6, 6.07) is 0. The van der Waals surface area contributed by atoms with Crippen molar-refractivity contribution >= 4 is 0 Å². The van der Waals surface area contributed by atoms with Crippen molar-refractivity contribution in [2.45, 2.75) is 19.3 Å². The van der Waals surface area contributed by atoms with Crippen LogP contribution < -0.4 is 0 Å². The largest absolute Gasteiger partial charge is 0.306 e. The molecule has 1 heterocycles. The van der Waals surface area contributed by atoms with Crippen LogP contribution in [-0.2, 0) is 0 Å². The number of nitrogens with zero attached hydrogens (tertiary/aromatic N) is 1. The van der Waals surface area contributed by atoms with E-state index in [1.165, 1.54) is 6.42 Å². The Morgan fingerprint density at radius 1 is 1.40 bits per heavy atom. The second-order valence-electron chi connectivity index (χ2n) is 3.25. The van der Waals surface area contributed by atoms with Crippen molar-refractivity contribution in [2.24, 2.45) is 5.92 Å². The topological polar surface area (TPSA) is 3.24 Å². The third-order valence-corrected chi connectivity index (χ3v) is 2.29. The van der Waals surface area contributed by atoms with Gasteiger partial charge in [-0.2, -0.15) is 0 Å². The summed E-state index contributed by atoms with van der Waals surface area (Å²) in [5.74, 6) is 0.352. The van der Waals surface area contributed by atoms with Gasteiger partial charge in [0.15, 0.2) is 0 Å². The number of halogens is 1. The fraction of sp³-hybridized carbons (Fsp3) is 1.00. The van der Waals surface area contributed by atoms with Gasteiger partial charge < -0.3 is 4.90 Å². The van der Waals surface area contributed by atoms with E-state index >= 15 is 0 Å². The lowest BCUT2D eigenvalue weighted by Crippen LogP contribution is -2.18. The van der Waals surface area contributed by atoms with Gasteiger partial charge in [0.05, 0.1) is 6.67 Å². The monoisotopic (exact) mass is 145 g/mol. The normalized spacial score (nSPS) is 30.0. The predicted molar refractivity (Wildman–Crippen MR) is 40.8 cm³/mol. The van der Waals surface area contributed by atoms with E-state index < -0.39 is 0 Å². The number of alkyl halides is 1. The van der Waals surface area contributed by atoms with Gasteiger partial charge in [0, 0.05) is 0 Å². The zero-order chi connectivity index (χ0) is 7.40. The van der Waals surface area contributed by atoms with Crippen molar-refractivity contribution in [3.8, 4) is 0 Å². The van der Waals surface area contributed by atoms with Crippen LogP contribution in [0.5, 0.6) is 0 Å². The first-order chi connectivity index (χ1) is 4.83. The molecule has 0 aromatic rings. The Labute approximate surface area is 62.2 Å². The van der Waals surface area contributed by atoms with Gasteiger partial charge in [-0.25, -0.2) is 0 Å². The minimum Gasteiger partial charge on any atom is -0.306 e. The van der Waals surface area contributed by atoms with E-state index in [0.717, 1.165) is 25.9 Å².